The van der Waals surface area contributed by atoms with Gasteiger partial charge in [0.05, 0.1) is 13.6 Å². The van der Waals surface area contributed by atoms with Crippen molar-refractivity contribution in [1.29, 1.82) is 0 Å². The smallest absolute Gasteiger partial charge is 0.281 e. The fourth-order valence-corrected chi connectivity index (χ4v) is 1.45. The summed E-state index contributed by atoms with van der Waals surface area (Å²) in [5, 5.41) is 0. The first kappa shape index (κ1) is 9.19. The molecule has 3 amide bonds. The highest BCUT2D eigenvalue weighted by molar-refractivity contribution is 5.91. The minimum Gasteiger partial charge on any atom is -0.281 e. The number of quaternary nitrogens is 1. The summed E-state index contributed by atoms with van der Waals surface area (Å²) in [5.41, 5.74) is 0. The number of carbonyl (C=O) groups excluding carboxylic acids is 2. The molecule has 1 radical (unpaired) electrons. The molecule has 0 spiro atoms. The van der Waals surface area contributed by atoms with Crippen LogP contribution in [0.2, 0.25) is 0 Å². The minimum absolute atomic E-state index is 0.0360. The van der Waals surface area contributed by atoms with Crippen molar-refractivity contribution in [2.45, 2.75) is 6.42 Å². The van der Waals surface area contributed by atoms with Gasteiger partial charge in [-0.1, -0.05) is 0 Å². The lowest BCUT2D eigenvalue weighted by Gasteiger charge is -2.21. The van der Waals surface area contributed by atoms with Gasteiger partial charge in [-0.25, -0.2) is 9.59 Å². The first-order chi connectivity index (χ1) is 5.52. The van der Waals surface area contributed by atoms with Crippen LogP contribution in [0.25, 0.3) is 0 Å². The maximum Gasteiger partial charge on any atom is 0.426 e. The molecule has 1 fully saturated rings. The van der Waals surface area contributed by atoms with Gasteiger partial charge in [0.2, 0.25) is 0 Å². The molecule has 0 aromatic heterocycles. The third kappa shape index (κ3) is 1.12. The SMILES string of the molecule is [CH2]CC[N+]1(C)C(=O)CN(C)C1=O. The predicted octanol–water partition coefficient (Wildman–Crippen LogP) is 0.249. The van der Waals surface area contributed by atoms with E-state index in [0.29, 0.717) is 13.0 Å². The van der Waals surface area contributed by atoms with Gasteiger partial charge in [-0.2, -0.15) is 4.48 Å². The van der Waals surface area contributed by atoms with E-state index in [-0.39, 0.29) is 23.0 Å². The standard InChI is InChI=1S/C8H14N2O2/c1-4-5-10(3)7(11)6-9(2)8(10)12/h1,4-6H2,2-3H3/q+1. The Morgan fingerprint density at radius 2 is 2.17 bits per heavy atom. The van der Waals surface area contributed by atoms with E-state index in [1.807, 2.05) is 0 Å². The molecular weight excluding hydrogens is 156 g/mol. The van der Waals surface area contributed by atoms with Gasteiger partial charge in [-0.05, 0) is 13.3 Å². The van der Waals surface area contributed by atoms with Crippen LogP contribution in [0.15, 0.2) is 0 Å². The fraction of sp³-hybridized carbons (Fsp3) is 0.625. The van der Waals surface area contributed by atoms with Crippen molar-refractivity contribution in [3.63, 3.8) is 0 Å². The molecule has 0 bridgehead atoms. The Labute approximate surface area is 72.3 Å². The molecule has 0 aliphatic carbocycles. The monoisotopic (exact) mass is 170 g/mol. The van der Waals surface area contributed by atoms with Gasteiger partial charge in [0.1, 0.15) is 6.54 Å². The average Bonchev–Trinajstić information content (AvgIpc) is 2.17. The van der Waals surface area contributed by atoms with E-state index in [2.05, 4.69) is 6.92 Å². The zero-order chi connectivity index (χ0) is 9.35. The van der Waals surface area contributed by atoms with Crippen LogP contribution in [0, 0.1) is 6.92 Å². The van der Waals surface area contributed by atoms with Gasteiger partial charge in [-0.15, -0.1) is 0 Å². The van der Waals surface area contributed by atoms with Crippen molar-refractivity contribution in [2.24, 2.45) is 0 Å². The molecule has 1 rings (SSSR count). The summed E-state index contributed by atoms with van der Waals surface area (Å²) < 4.78 is -0.111. The quantitative estimate of drug-likeness (QED) is 0.440. The van der Waals surface area contributed by atoms with Crippen LogP contribution in [0.3, 0.4) is 0 Å². The molecule has 4 nitrogen and oxygen atoms in total. The number of likely N-dealkylation sites (N-methyl/N-ethyl adjacent to an activating group) is 2. The van der Waals surface area contributed by atoms with E-state index in [0.717, 1.165) is 0 Å². The summed E-state index contributed by atoms with van der Waals surface area (Å²) in [4.78, 5) is 24.3. The van der Waals surface area contributed by atoms with Crippen LogP contribution in [0.4, 0.5) is 4.79 Å². The van der Waals surface area contributed by atoms with Crippen LogP contribution < -0.4 is 0 Å². The Morgan fingerprint density at radius 1 is 1.58 bits per heavy atom. The van der Waals surface area contributed by atoms with Crippen LogP contribution in [-0.4, -0.2) is 48.5 Å². The number of imide groups is 1. The van der Waals surface area contributed by atoms with E-state index < -0.39 is 0 Å². The summed E-state index contributed by atoms with van der Waals surface area (Å²) in [5.74, 6) is -0.0360. The first-order valence-corrected chi connectivity index (χ1v) is 3.96. The Morgan fingerprint density at radius 3 is 2.50 bits per heavy atom. The predicted molar refractivity (Wildman–Crippen MR) is 44.1 cm³/mol. The molecule has 1 heterocycles. The molecule has 1 unspecified atom stereocenters. The van der Waals surface area contributed by atoms with Crippen molar-refractivity contribution in [1.82, 2.24) is 4.90 Å². The van der Waals surface area contributed by atoms with E-state index in [9.17, 15) is 9.59 Å². The number of amides is 3. The highest BCUT2D eigenvalue weighted by Gasteiger charge is 2.48. The highest BCUT2D eigenvalue weighted by atomic mass is 16.2. The highest BCUT2D eigenvalue weighted by Crippen LogP contribution is 2.16. The number of nitrogens with zero attached hydrogens (tertiary/aromatic N) is 2. The number of carbonyl (C=O) groups is 2. The van der Waals surface area contributed by atoms with Crippen molar-refractivity contribution in [3.05, 3.63) is 6.92 Å². The van der Waals surface area contributed by atoms with E-state index in [4.69, 9.17) is 0 Å². The summed E-state index contributed by atoms with van der Waals surface area (Å²) in [6.07, 6.45) is 0.599. The van der Waals surface area contributed by atoms with Crippen molar-refractivity contribution >= 4 is 11.9 Å². The minimum atomic E-state index is -0.122. The maximum atomic E-state index is 11.5. The van der Waals surface area contributed by atoms with Crippen LogP contribution in [0.1, 0.15) is 6.42 Å². The largest absolute Gasteiger partial charge is 0.426 e. The Bertz CT molecular complexity index is 227. The third-order valence-corrected chi connectivity index (χ3v) is 2.28. The summed E-state index contributed by atoms with van der Waals surface area (Å²) in [7, 11) is 3.30. The molecule has 0 aromatic rings. The molecule has 67 valence electrons. The van der Waals surface area contributed by atoms with E-state index >= 15 is 0 Å². The van der Waals surface area contributed by atoms with Crippen LogP contribution in [0.5, 0.6) is 0 Å². The second-order valence-corrected chi connectivity index (χ2v) is 3.30. The lowest BCUT2D eigenvalue weighted by atomic mass is 10.4. The second-order valence-electron chi connectivity index (χ2n) is 3.30. The van der Waals surface area contributed by atoms with E-state index in [1.54, 1.807) is 14.1 Å². The van der Waals surface area contributed by atoms with Gasteiger partial charge in [0.15, 0.2) is 0 Å². The van der Waals surface area contributed by atoms with Crippen LogP contribution in [-0.2, 0) is 4.79 Å². The van der Waals surface area contributed by atoms with E-state index in [1.165, 1.54) is 4.90 Å². The van der Waals surface area contributed by atoms with Gasteiger partial charge in [0.25, 0.3) is 0 Å². The molecule has 4 heteroatoms. The second kappa shape index (κ2) is 2.86. The van der Waals surface area contributed by atoms with Gasteiger partial charge >= 0.3 is 11.9 Å². The molecule has 1 saturated heterocycles. The van der Waals surface area contributed by atoms with Crippen molar-refractivity contribution < 1.29 is 14.1 Å². The number of urea groups is 1. The van der Waals surface area contributed by atoms with Gasteiger partial charge in [-0.3, -0.25) is 4.90 Å². The Balaban J connectivity index is 2.88. The molecule has 1 atom stereocenters. The maximum absolute atomic E-state index is 11.5. The lowest BCUT2D eigenvalue weighted by Crippen LogP contribution is -2.50. The average molecular weight is 170 g/mol. The molecule has 0 aromatic carbocycles. The topological polar surface area (TPSA) is 37.4 Å². The van der Waals surface area contributed by atoms with Gasteiger partial charge < -0.3 is 0 Å². The zero-order valence-corrected chi connectivity index (χ0v) is 7.54. The lowest BCUT2D eigenvalue weighted by molar-refractivity contribution is -0.746. The number of rotatable bonds is 2. The molecule has 1 aliphatic heterocycles. The zero-order valence-electron chi connectivity index (χ0n) is 7.54. The molecule has 0 saturated carbocycles. The summed E-state index contributed by atoms with van der Waals surface area (Å²) in [6, 6.07) is -0.122. The van der Waals surface area contributed by atoms with Crippen molar-refractivity contribution in [2.75, 3.05) is 27.2 Å². The number of hydrogen-bond acceptors (Lipinski definition) is 2. The molecule has 1 aliphatic rings. The Kier molecular flexibility index (Phi) is 2.19. The fourth-order valence-electron chi connectivity index (χ4n) is 1.45. The van der Waals surface area contributed by atoms with Crippen LogP contribution >= 0.6 is 0 Å². The summed E-state index contributed by atoms with van der Waals surface area (Å²) in [6.45, 7) is 4.38. The molecule has 12 heavy (non-hydrogen) atoms. The summed E-state index contributed by atoms with van der Waals surface area (Å²) >= 11 is 0. The Hall–Kier alpha value is -0.900. The molecular formula is C8H14N2O2+. The first-order valence-electron chi connectivity index (χ1n) is 3.96. The van der Waals surface area contributed by atoms with Crippen molar-refractivity contribution in [3.8, 4) is 0 Å². The third-order valence-electron chi connectivity index (χ3n) is 2.28. The van der Waals surface area contributed by atoms with Gasteiger partial charge in [0, 0.05) is 7.05 Å². The number of hydrogen-bond donors (Lipinski definition) is 0. The molecule has 0 N–H and O–H groups in total. The normalized spacial score (nSPS) is 30.1.